The van der Waals surface area contributed by atoms with E-state index in [1.165, 1.54) is 6.92 Å². The maximum atomic E-state index is 10.5. The van der Waals surface area contributed by atoms with Crippen LogP contribution in [0.4, 0.5) is 5.69 Å². The van der Waals surface area contributed by atoms with Crippen LogP contribution in [0.1, 0.15) is 6.92 Å². The van der Waals surface area contributed by atoms with Crippen LogP contribution in [0.2, 0.25) is 0 Å². The molecule has 3 N–H and O–H groups in total. The molecular formula is C8H10N2O2. The Morgan fingerprint density at radius 2 is 2.00 bits per heavy atom. The Hall–Kier alpha value is -1.55. The van der Waals surface area contributed by atoms with Crippen LogP contribution in [0.5, 0.6) is 5.75 Å². The summed E-state index contributed by atoms with van der Waals surface area (Å²) in [5.74, 6) is 5.33. The molecule has 0 radical (unpaired) electrons. The first-order chi connectivity index (χ1) is 5.72. The molecule has 0 saturated heterocycles. The normalized spacial score (nSPS) is 9.17. The Morgan fingerprint density at radius 1 is 1.42 bits per heavy atom. The molecule has 4 nitrogen and oxygen atoms in total. The van der Waals surface area contributed by atoms with Gasteiger partial charge in [-0.3, -0.25) is 10.6 Å². The Bertz CT molecular complexity index is 269. The van der Waals surface area contributed by atoms with E-state index >= 15 is 0 Å². The number of rotatable bonds is 2. The van der Waals surface area contributed by atoms with Gasteiger partial charge in [0.25, 0.3) is 0 Å². The Kier molecular flexibility index (Phi) is 2.66. The molecule has 0 aliphatic carbocycles. The summed E-state index contributed by atoms with van der Waals surface area (Å²) in [4.78, 5) is 10.5. The Balaban J connectivity index is 2.71. The van der Waals surface area contributed by atoms with Crippen molar-refractivity contribution in [2.45, 2.75) is 6.92 Å². The van der Waals surface area contributed by atoms with Gasteiger partial charge in [0.2, 0.25) is 0 Å². The van der Waals surface area contributed by atoms with Gasteiger partial charge in [0.05, 0.1) is 0 Å². The molecule has 64 valence electrons. The largest absolute Gasteiger partial charge is 0.427 e. The second-order valence-corrected chi connectivity index (χ2v) is 2.26. The average Bonchev–Trinajstić information content (AvgIpc) is 2.05. The molecule has 1 aromatic rings. The van der Waals surface area contributed by atoms with Crippen molar-refractivity contribution in [3.05, 3.63) is 24.3 Å². The molecule has 0 heterocycles. The molecule has 1 rings (SSSR count). The zero-order valence-electron chi connectivity index (χ0n) is 6.70. The number of anilines is 1. The van der Waals surface area contributed by atoms with Crippen molar-refractivity contribution >= 4 is 11.7 Å². The van der Waals surface area contributed by atoms with Gasteiger partial charge >= 0.3 is 5.97 Å². The van der Waals surface area contributed by atoms with E-state index in [-0.39, 0.29) is 5.97 Å². The summed E-state index contributed by atoms with van der Waals surface area (Å²) in [7, 11) is 0. The van der Waals surface area contributed by atoms with Crippen molar-refractivity contribution in [1.29, 1.82) is 0 Å². The molecule has 0 spiro atoms. The Labute approximate surface area is 70.3 Å². The minimum Gasteiger partial charge on any atom is -0.427 e. The van der Waals surface area contributed by atoms with E-state index in [1.54, 1.807) is 24.3 Å². The van der Waals surface area contributed by atoms with E-state index in [2.05, 4.69) is 5.43 Å². The van der Waals surface area contributed by atoms with Crippen molar-refractivity contribution in [2.24, 2.45) is 5.84 Å². The second-order valence-electron chi connectivity index (χ2n) is 2.26. The summed E-state index contributed by atoms with van der Waals surface area (Å²) >= 11 is 0. The van der Waals surface area contributed by atoms with Crippen LogP contribution in [0.25, 0.3) is 0 Å². The van der Waals surface area contributed by atoms with Crippen molar-refractivity contribution in [3.8, 4) is 5.75 Å². The lowest BCUT2D eigenvalue weighted by molar-refractivity contribution is -0.131. The predicted octanol–water partition coefficient (Wildman–Crippen LogP) is 0.897. The monoisotopic (exact) mass is 166 g/mol. The number of esters is 1. The van der Waals surface area contributed by atoms with Crippen LogP contribution in [-0.4, -0.2) is 5.97 Å². The van der Waals surface area contributed by atoms with Crippen LogP contribution < -0.4 is 16.0 Å². The summed E-state index contributed by atoms with van der Waals surface area (Å²) < 4.78 is 4.81. The first kappa shape index (κ1) is 8.55. The molecular weight excluding hydrogens is 156 g/mol. The van der Waals surface area contributed by atoms with Gasteiger partial charge in [-0.1, -0.05) is 0 Å². The SMILES string of the molecule is CC(=O)Oc1ccc(NN)cc1. The lowest BCUT2D eigenvalue weighted by atomic mass is 10.3. The number of nitrogen functional groups attached to an aromatic ring is 1. The van der Waals surface area contributed by atoms with Crippen LogP contribution >= 0.6 is 0 Å². The third-order valence-corrected chi connectivity index (χ3v) is 1.28. The number of hydrogen-bond donors (Lipinski definition) is 2. The van der Waals surface area contributed by atoms with Crippen LogP contribution in [0.15, 0.2) is 24.3 Å². The van der Waals surface area contributed by atoms with Gasteiger partial charge in [-0.2, -0.15) is 0 Å². The number of carbonyl (C=O) groups is 1. The van der Waals surface area contributed by atoms with Gasteiger partial charge < -0.3 is 10.2 Å². The average molecular weight is 166 g/mol. The van der Waals surface area contributed by atoms with Crippen molar-refractivity contribution in [2.75, 3.05) is 5.43 Å². The number of hydrogen-bond acceptors (Lipinski definition) is 4. The number of hydrazine groups is 1. The Morgan fingerprint density at radius 3 is 2.42 bits per heavy atom. The van der Waals surface area contributed by atoms with Crippen molar-refractivity contribution in [1.82, 2.24) is 0 Å². The van der Waals surface area contributed by atoms with Crippen molar-refractivity contribution < 1.29 is 9.53 Å². The highest BCUT2D eigenvalue weighted by Gasteiger charge is 1.96. The van der Waals surface area contributed by atoms with E-state index < -0.39 is 0 Å². The zero-order chi connectivity index (χ0) is 8.97. The van der Waals surface area contributed by atoms with Gasteiger partial charge in [0, 0.05) is 12.6 Å². The molecule has 0 bridgehead atoms. The smallest absolute Gasteiger partial charge is 0.308 e. The molecule has 0 aliphatic heterocycles. The quantitative estimate of drug-likeness (QED) is 0.296. The third kappa shape index (κ3) is 2.25. The maximum Gasteiger partial charge on any atom is 0.308 e. The third-order valence-electron chi connectivity index (χ3n) is 1.28. The predicted molar refractivity (Wildman–Crippen MR) is 45.6 cm³/mol. The highest BCUT2D eigenvalue weighted by atomic mass is 16.5. The lowest BCUT2D eigenvalue weighted by Gasteiger charge is -2.02. The van der Waals surface area contributed by atoms with Crippen LogP contribution in [-0.2, 0) is 4.79 Å². The minimum atomic E-state index is -0.330. The standard InChI is InChI=1S/C8H10N2O2/c1-6(11)12-8-4-2-7(10-9)3-5-8/h2-5,10H,9H2,1H3. The number of nitrogens with one attached hydrogen (secondary N) is 1. The van der Waals surface area contributed by atoms with E-state index in [1.807, 2.05) is 0 Å². The summed E-state index contributed by atoms with van der Waals surface area (Å²) in [5.41, 5.74) is 3.24. The van der Waals surface area contributed by atoms with E-state index in [4.69, 9.17) is 10.6 Å². The highest BCUT2D eigenvalue weighted by molar-refractivity contribution is 5.69. The molecule has 0 fully saturated rings. The zero-order valence-corrected chi connectivity index (χ0v) is 6.70. The molecule has 1 aromatic carbocycles. The molecule has 0 unspecified atom stereocenters. The van der Waals surface area contributed by atoms with Crippen LogP contribution in [0, 0.1) is 0 Å². The highest BCUT2D eigenvalue weighted by Crippen LogP contribution is 2.14. The van der Waals surface area contributed by atoms with Gasteiger partial charge in [0.1, 0.15) is 5.75 Å². The van der Waals surface area contributed by atoms with Gasteiger partial charge in [-0.15, -0.1) is 0 Å². The fourth-order valence-electron chi connectivity index (χ4n) is 0.785. The van der Waals surface area contributed by atoms with Crippen molar-refractivity contribution in [3.63, 3.8) is 0 Å². The summed E-state index contributed by atoms with van der Waals surface area (Å²) in [5, 5.41) is 0. The molecule has 0 aliphatic rings. The fourth-order valence-corrected chi connectivity index (χ4v) is 0.785. The molecule has 4 heteroatoms. The van der Waals surface area contributed by atoms with Crippen LogP contribution in [0.3, 0.4) is 0 Å². The number of ether oxygens (including phenoxy) is 1. The maximum absolute atomic E-state index is 10.5. The molecule has 0 saturated carbocycles. The summed E-state index contributed by atoms with van der Waals surface area (Å²) in [6.45, 7) is 1.36. The summed E-state index contributed by atoms with van der Waals surface area (Å²) in [6, 6.07) is 6.77. The topological polar surface area (TPSA) is 64.3 Å². The van der Waals surface area contributed by atoms with E-state index in [0.717, 1.165) is 5.69 Å². The summed E-state index contributed by atoms with van der Waals surface area (Å²) in [6.07, 6.45) is 0. The first-order valence-electron chi connectivity index (χ1n) is 3.47. The van der Waals surface area contributed by atoms with E-state index in [9.17, 15) is 4.79 Å². The van der Waals surface area contributed by atoms with Gasteiger partial charge in [0.15, 0.2) is 0 Å². The number of carbonyl (C=O) groups excluding carboxylic acids is 1. The minimum absolute atomic E-state index is 0.330. The van der Waals surface area contributed by atoms with Gasteiger partial charge in [-0.05, 0) is 24.3 Å². The molecule has 0 amide bonds. The molecule has 0 atom stereocenters. The number of benzene rings is 1. The molecule has 12 heavy (non-hydrogen) atoms. The van der Waals surface area contributed by atoms with Gasteiger partial charge in [-0.25, -0.2) is 0 Å². The lowest BCUT2D eigenvalue weighted by Crippen LogP contribution is -2.06. The number of nitrogens with two attached hydrogens (primary N) is 1. The first-order valence-corrected chi connectivity index (χ1v) is 3.47. The fraction of sp³-hybridized carbons (Fsp3) is 0.125. The second kappa shape index (κ2) is 3.73. The molecule has 0 aromatic heterocycles. The van der Waals surface area contributed by atoms with E-state index in [0.29, 0.717) is 5.75 Å².